The molecule has 88 valence electrons. The summed E-state index contributed by atoms with van der Waals surface area (Å²) in [5.41, 5.74) is 0. The fourth-order valence-electron chi connectivity index (χ4n) is 1.87. The summed E-state index contributed by atoms with van der Waals surface area (Å²) in [7, 11) is 2.07. The van der Waals surface area contributed by atoms with Gasteiger partial charge in [-0.25, -0.2) is 0 Å². The topological polar surface area (TPSA) is 44.4 Å². The Labute approximate surface area is 92.4 Å². The molecule has 1 aliphatic heterocycles. The van der Waals surface area contributed by atoms with Crippen molar-refractivity contribution in [3.63, 3.8) is 0 Å². The van der Waals surface area contributed by atoms with E-state index in [0.717, 1.165) is 45.6 Å². The van der Waals surface area contributed by atoms with E-state index >= 15 is 0 Å². The number of rotatable bonds is 6. The second kappa shape index (κ2) is 6.80. The van der Waals surface area contributed by atoms with Crippen molar-refractivity contribution in [2.24, 2.45) is 5.92 Å². The quantitative estimate of drug-likeness (QED) is 0.613. The van der Waals surface area contributed by atoms with Crippen molar-refractivity contribution in [2.75, 3.05) is 39.8 Å². The van der Waals surface area contributed by atoms with Gasteiger partial charge in [-0.3, -0.25) is 4.79 Å². The van der Waals surface area contributed by atoms with Crippen LogP contribution in [0.5, 0.6) is 0 Å². The van der Waals surface area contributed by atoms with Gasteiger partial charge in [0.15, 0.2) is 0 Å². The molecule has 0 aliphatic carbocycles. The normalized spacial score (nSPS) is 21.9. The molecule has 1 heterocycles. The summed E-state index contributed by atoms with van der Waals surface area (Å²) < 4.78 is 0. The van der Waals surface area contributed by atoms with Crippen molar-refractivity contribution in [2.45, 2.75) is 19.8 Å². The van der Waals surface area contributed by atoms with Gasteiger partial charge in [0.25, 0.3) is 0 Å². The number of hydrogen-bond acceptors (Lipinski definition) is 3. The summed E-state index contributed by atoms with van der Waals surface area (Å²) in [5.74, 6) is 0.429. The van der Waals surface area contributed by atoms with Crippen LogP contribution in [0.2, 0.25) is 0 Å². The highest BCUT2D eigenvalue weighted by Gasteiger charge is 2.25. The average Bonchev–Trinajstić information content (AvgIpc) is 2.64. The van der Waals surface area contributed by atoms with Gasteiger partial charge in [-0.2, -0.15) is 0 Å². The molecule has 1 rings (SSSR count). The molecule has 0 aromatic rings. The Bertz CT molecular complexity index is 196. The lowest BCUT2D eigenvalue weighted by atomic mass is 10.1. The molecule has 0 spiro atoms. The SMILES string of the molecule is CCCNCCNC(=O)C1CCN(C)C1. The van der Waals surface area contributed by atoms with Crippen molar-refractivity contribution in [1.82, 2.24) is 15.5 Å². The minimum Gasteiger partial charge on any atom is -0.355 e. The van der Waals surface area contributed by atoms with Crippen LogP contribution in [0.3, 0.4) is 0 Å². The predicted molar refractivity (Wildman–Crippen MR) is 61.8 cm³/mol. The number of amides is 1. The smallest absolute Gasteiger partial charge is 0.224 e. The van der Waals surface area contributed by atoms with E-state index in [0.29, 0.717) is 0 Å². The molecule has 1 aliphatic rings. The van der Waals surface area contributed by atoms with E-state index in [1.807, 2.05) is 0 Å². The lowest BCUT2D eigenvalue weighted by molar-refractivity contribution is -0.124. The molecule has 1 saturated heterocycles. The number of nitrogens with one attached hydrogen (secondary N) is 2. The lowest BCUT2D eigenvalue weighted by Crippen LogP contribution is -2.36. The highest BCUT2D eigenvalue weighted by atomic mass is 16.1. The zero-order chi connectivity index (χ0) is 11.1. The molecule has 1 unspecified atom stereocenters. The Hall–Kier alpha value is -0.610. The standard InChI is InChI=1S/C11H23N3O/c1-3-5-12-6-7-13-11(15)10-4-8-14(2)9-10/h10,12H,3-9H2,1-2H3,(H,13,15). The third-order valence-corrected chi connectivity index (χ3v) is 2.79. The van der Waals surface area contributed by atoms with Gasteiger partial charge in [0, 0.05) is 19.6 Å². The van der Waals surface area contributed by atoms with Crippen LogP contribution in [0.15, 0.2) is 0 Å². The highest BCUT2D eigenvalue weighted by Crippen LogP contribution is 2.13. The lowest BCUT2D eigenvalue weighted by Gasteiger charge is -2.11. The van der Waals surface area contributed by atoms with Crippen LogP contribution in [0.1, 0.15) is 19.8 Å². The first-order valence-corrected chi connectivity index (χ1v) is 5.91. The molecule has 1 atom stereocenters. The minimum atomic E-state index is 0.209. The first-order valence-electron chi connectivity index (χ1n) is 5.91. The Morgan fingerprint density at radius 3 is 2.80 bits per heavy atom. The number of carbonyl (C=O) groups is 1. The van der Waals surface area contributed by atoms with E-state index < -0.39 is 0 Å². The van der Waals surface area contributed by atoms with Crippen molar-refractivity contribution in [3.8, 4) is 0 Å². The summed E-state index contributed by atoms with van der Waals surface area (Å²) in [6, 6.07) is 0. The van der Waals surface area contributed by atoms with Crippen LogP contribution < -0.4 is 10.6 Å². The Morgan fingerprint density at radius 1 is 1.40 bits per heavy atom. The second-order valence-electron chi connectivity index (χ2n) is 4.29. The average molecular weight is 213 g/mol. The Balaban J connectivity index is 2.03. The maximum atomic E-state index is 11.7. The summed E-state index contributed by atoms with van der Waals surface area (Å²) in [6.07, 6.45) is 2.14. The number of hydrogen-bond donors (Lipinski definition) is 2. The predicted octanol–water partition coefficient (Wildman–Crippen LogP) is 0.0539. The third kappa shape index (κ3) is 4.62. The van der Waals surface area contributed by atoms with E-state index in [1.54, 1.807) is 0 Å². The first kappa shape index (κ1) is 12.5. The van der Waals surface area contributed by atoms with Crippen LogP contribution in [0.4, 0.5) is 0 Å². The number of carbonyl (C=O) groups excluding carboxylic acids is 1. The van der Waals surface area contributed by atoms with Crippen molar-refractivity contribution < 1.29 is 4.79 Å². The molecule has 4 heteroatoms. The summed E-state index contributed by atoms with van der Waals surface area (Å²) in [4.78, 5) is 13.9. The molecule has 1 fully saturated rings. The van der Waals surface area contributed by atoms with Gasteiger partial charge in [0.1, 0.15) is 0 Å². The second-order valence-corrected chi connectivity index (χ2v) is 4.29. The maximum Gasteiger partial charge on any atom is 0.224 e. The maximum absolute atomic E-state index is 11.7. The Kier molecular flexibility index (Phi) is 5.65. The largest absolute Gasteiger partial charge is 0.355 e. The zero-order valence-corrected chi connectivity index (χ0v) is 9.88. The summed E-state index contributed by atoms with van der Waals surface area (Å²) in [6.45, 7) is 6.75. The summed E-state index contributed by atoms with van der Waals surface area (Å²) in [5, 5.41) is 6.24. The minimum absolute atomic E-state index is 0.209. The molecule has 0 aromatic heterocycles. The molecular weight excluding hydrogens is 190 g/mol. The van der Waals surface area contributed by atoms with Crippen LogP contribution in [0.25, 0.3) is 0 Å². The molecule has 0 saturated carbocycles. The molecule has 15 heavy (non-hydrogen) atoms. The molecule has 0 radical (unpaired) electrons. The molecule has 1 amide bonds. The van der Waals surface area contributed by atoms with Gasteiger partial charge < -0.3 is 15.5 Å². The highest BCUT2D eigenvalue weighted by molar-refractivity contribution is 5.79. The van der Waals surface area contributed by atoms with Crippen molar-refractivity contribution in [1.29, 1.82) is 0 Å². The van der Waals surface area contributed by atoms with Gasteiger partial charge >= 0.3 is 0 Å². The van der Waals surface area contributed by atoms with E-state index in [9.17, 15) is 4.79 Å². The van der Waals surface area contributed by atoms with Crippen molar-refractivity contribution >= 4 is 5.91 Å². The van der Waals surface area contributed by atoms with Gasteiger partial charge in [-0.15, -0.1) is 0 Å². The molecule has 0 bridgehead atoms. The van der Waals surface area contributed by atoms with Gasteiger partial charge in [-0.1, -0.05) is 6.92 Å². The van der Waals surface area contributed by atoms with Crippen LogP contribution in [0, 0.1) is 5.92 Å². The molecule has 2 N–H and O–H groups in total. The van der Waals surface area contributed by atoms with E-state index in [1.165, 1.54) is 0 Å². The van der Waals surface area contributed by atoms with Gasteiger partial charge in [0.2, 0.25) is 5.91 Å². The van der Waals surface area contributed by atoms with Crippen LogP contribution >= 0.6 is 0 Å². The van der Waals surface area contributed by atoms with Crippen LogP contribution in [-0.2, 0) is 4.79 Å². The van der Waals surface area contributed by atoms with E-state index in [-0.39, 0.29) is 11.8 Å². The third-order valence-electron chi connectivity index (χ3n) is 2.79. The Morgan fingerprint density at radius 2 is 2.20 bits per heavy atom. The van der Waals surface area contributed by atoms with Crippen molar-refractivity contribution in [3.05, 3.63) is 0 Å². The van der Waals surface area contributed by atoms with E-state index in [4.69, 9.17) is 0 Å². The first-order chi connectivity index (χ1) is 7.24. The molecular formula is C11H23N3O. The number of likely N-dealkylation sites (tertiary alicyclic amines) is 1. The van der Waals surface area contributed by atoms with Crippen LogP contribution in [-0.4, -0.2) is 50.6 Å². The van der Waals surface area contributed by atoms with Gasteiger partial charge in [-0.05, 0) is 33.0 Å². The monoisotopic (exact) mass is 213 g/mol. The fraction of sp³-hybridized carbons (Fsp3) is 0.909. The zero-order valence-electron chi connectivity index (χ0n) is 9.88. The molecule has 4 nitrogen and oxygen atoms in total. The number of nitrogens with zero attached hydrogens (tertiary/aromatic N) is 1. The fourth-order valence-corrected chi connectivity index (χ4v) is 1.87. The van der Waals surface area contributed by atoms with Gasteiger partial charge in [0.05, 0.1) is 5.92 Å². The summed E-state index contributed by atoms with van der Waals surface area (Å²) >= 11 is 0. The molecule has 0 aromatic carbocycles. The van der Waals surface area contributed by atoms with E-state index in [2.05, 4.69) is 29.5 Å².